The molecule has 1 fully saturated rings. The van der Waals surface area contributed by atoms with Crippen LogP contribution in [-0.4, -0.2) is 53.8 Å². The third kappa shape index (κ3) is 4.62. The number of nitrogens with zero attached hydrogens (tertiary/aromatic N) is 4. The molecule has 6 nitrogen and oxygen atoms in total. The fourth-order valence-electron chi connectivity index (χ4n) is 4.20. The van der Waals surface area contributed by atoms with Crippen LogP contribution in [-0.2, 0) is 6.54 Å². The SMILES string of the molecule is Cc1nn(Cc2ccccc2)c2sc(C(=O)Nc3cc(Cl)ccc3N3CCN(C)CC3)cc12. The van der Waals surface area contributed by atoms with Crippen molar-refractivity contribution in [3.8, 4) is 0 Å². The summed E-state index contributed by atoms with van der Waals surface area (Å²) in [6.07, 6.45) is 0. The van der Waals surface area contributed by atoms with Crippen molar-refractivity contribution in [1.29, 1.82) is 0 Å². The maximum absolute atomic E-state index is 13.3. The molecule has 1 N–H and O–H groups in total. The minimum absolute atomic E-state index is 0.125. The lowest BCUT2D eigenvalue weighted by atomic mass is 10.2. The molecule has 5 rings (SSSR count). The zero-order valence-corrected chi connectivity index (χ0v) is 20.3. The van der Waals surface area contributed by atoms with Gasteiger partial charge >= 0.3 is 0 Å². The molecule has 8 heteroatoms. The summed E-state index contributed by atoms with van der Waals surface area (Å²) in [6, 6.07) is 17.9. The van der Waals surface area contributed by atoms with Gasteiger partial charge in [0.1, 0.15) is 4.83 Å². The maximum atomic E-state index is 13.3. The van der Waals surface area contributed by atoms with Gasteiger partial charge in [0, 0.05) is 36.6 Å². The summed E-state index contributed by atoms with van der Waals surface area (Å²) >= 11 is 7.76. The molecule has 1 aliphatic rings. The van der Waals surface area contributed by atoms with Crippen LogP contribution in [0.25, 0.3) is 10.2 Å². The molecule has 170 valence electrons. The monoisotopic (exact) mass is 479 g/mol. The Labute approximate surface area is 202 Å². The van der Waals surface area contributed by atoms with Crippen LogP contribution >= 0.6 is 22.9 Å². The van der Waals surface area contributed by atoms with Gasteiger partial charge in [-0.05, 0) is 43.8 Å². The Morgan fingerprint density at radius 3 is 2.61 bits per heavy atom. The van der Waals surface area contributed by atoms with Crippen molar-refractivity contribution in [3.05, 3.63) is 75.8 Å². The van der Waals surface area contributed by atoms with E-state index in [9.17, 15) is 4.79 Å². The molecular weight excluding hydrogens is 454 g/mol. The molecule has 2 aromatic carbocycles. The van der Waals surface area contributed by atoms with Gasteiger partial charge in [0.05, 0.1) is 28.5 Å². The Morgan fingerprint density at radius 1 is 1.09 bits per heavy atom. The first-order valence-electron chi connectivity index (χ1n) is 11.0. The van der Waals surface area contributed by atoms with Crippen molar-refractivity contribution < 1.29 is 4.79 Å². The molecule has 0 radical (unpaired) electrons. The number of thiophene rings is 1. The predicted molar refractivity (Wildman–Crippen MR) is 137 cm³/mol. The fraction of sp³-hybridized carbons (Fsp3) is 0.280. The number of aryl methyl sites for hydroxylation is 1. The molecule has 0 spiro atoms. The Morgan fingerprint density at radius 2 is 1.85 bits per heavy atom. The standard InChI is InChI=1S/C25H26ClN5OS/c1-17-20-15-23(33-25(20)31(28-17)16-18-6-4-3-5-7-18)24(32)27-21-14-19(26)8-9-22(21)30-12-10-29(2)11-13-30/h3-9,14-15H,10-13,16H2,1-2H3,(H,27,32). The van der Waals surface area contributed by atoms with E-state index in [1.807, 2.05) is 54.1 Å². The Kier molecular flexibility index (Phi) is 6.10. The second-order valence-electron chi connectivity index (χ2n) is 8.46. The van der Waals surface area contributed by atoms with Crippen LogP contribution in [0.2, 0.25) is 5.02 Å². The van der Waals surface area contributed by atoms with E-state index in [1.54, 1.807) is 0 Å². The molecule has 0 saturated carbocycles. The highest BCUT2D eigenvalue weighted by atomic mass is 35.5. The number of hydrogen-bond acceptors (Lipinski definition) is 5. The number of rotatable bonds is 5. The molecule has 2 aromatic heterocycles. The number of likely N-dealkylation sites (N-methyl/N-ethyl adjacent to an activating group) is 1. The lowest BCUT2D eigenvalue weighted by molar-refractivity contribution is 0.103. The highest BCUT2D eigenvalue weighted by molar-refractivity contribution is 7.20. The molecule has 0 atom stereocenters. The molecule has 1 aliphatic heterocycles. The highest BCUT2D eigenvalue weighted by Gasteiger charge is 2.21. The summed E-state index contributed by atoms with van der Waals surface area (Å²) < 4.78 is 1.98. The number of nitrogens with one attached hydrogen (secondary N) is 1. The summed E-state index contributed by atoms with van der Waals surface area (Å²) in [4.78, 5) is 19.5. The number of anilines is 2. The van der Waals surface area contributed by atoms with E-state index in [2.05, 4.69) is 39.4 Å². The van der Waals surface area contributed by atoms with E-state index in [0.717, 1.165) is 53.5 Å². The fourth-order valence-corrected chi connectivity index (χ4v) is 5.43. The van der Waals surface area contributed by atoms with Gasteiger partial charge in [0.15, 0.2) is 0 Å². The third-order valence-electron chi connectivity index (χ3n) is 6.06. The molecule has 0 aliphatic carbocycles. The van der Waals surface area contributed by atoms with Gasteiger partial charge in [-0.15, -0.1) is 11.3 Å². The summed E-state index contributed by atoms with van der Waals surface area (Å²) in [5.74, 6) is -0.125. The second-order valence-corrected chi connectivity index (χ2v) is 9.93. The Hall–Kier alpha value is -2.87. The molecular formula is C25H26ClN5OS. The number of aromatic nitrogens is 2. The van der Waals surface area contributed by atoms with E-state index in [-0.39, 0.29) is 5.91 Å². The molecule has 33 heavy (non-hydrogen) atoms. The van der Waals surface area contributed by atoms with Gasteiger partial charge in [0.2, 0.25) is 0 Å². The van der Waals surface area contributed by atoms with Gasteiger partial charge in [0.25, 0.3) is 5.91 Å². The van der Waals surface area contributed by atoms with Crippen LogP contribution in [0.5, 0.6) is 0 Å². The number of halogens is 1. The first-order valence-corrected chi connectivity index (χ1v) is 12.2. The topological polar surface area (TPSA) is 53.4 Å². The molecule has 0 bridgehead atoms. The Bertz CT molecular complexity index is 1290. The molecule has 1 saturated heterocycles. The summed E-state index contributed by atoms with van der Waals surface area (Å²) in [5, 5.41) is 9.43. The van der Waals surface area contributed by atoms with Crippen LogP contribution < -0.4 is 10.2 Å². The van der Waals surface area contributed by atoms with Crippen molar-refractivity contribution in [2.45, 2.75) is 13.5 Å². The number of carbonyl (C=O) groups is 1. The van der Waals surface area contributed by atoms with Gasteiger partial charge in [-0.1, -0.05) is 41.9 Å². The normalized spacial score (nSPS) is 14.7. The number of amides is 1. The van der Waals surface area contributed by atoms with Crippen LogP contribution in [0.3, 0.4) is 0 Å². The lowest BCUT2D eigenvalue weighted by Crippen LogP contribution is -2.44. The Balaban J connectivity index is 1.41. The first kappa shape index (κ1) is 21.9. The predicted octanol–water partition coefficient (Wildman–Crippen LogP) is 5.11. The van der Waals surface area contributed by atoms with E-state index < -0.39 is 0 Å². The van der Waals surface area contributed by atoms with E-state index >= 15 is 0 Å². The van der Waals surface area contributed by atoms with E-state index in [0.29, 0.717) is 16.4 Å². The van der Waals surface area contributed by atoms with Crippen molar-refractivity contribution in [2.75, 3.05) is 43.4 Å². The van der Waals surface area contributed by atoms with Gasteiger partial charge < -0.3 is 15.1 Å². The summed E-state index contributed by atoms with van der Waals surface area (Å²) in [6.45, 7) is 6.47. The molecule has 1 amide bonds. The lowest BCUT2D eigenvalue weighted by Gasteiger charge is -2.35. The number of hydrogen-bond donors (Lipinski definition) is 1. The van der Waals surface area contributed by atoms with Gasteiger partial charge in [-0.2, -0.15) is 5.10 Å². The second kappa shape index (κ2) is 9.17. The van der Waals surface area contributed by atoms with E-state index in [4.69, 9.17) is 11.6 Å². The first-order chi connectivity index (χ1) is 16.0. The van der Waals surface area contributed by atoms with Crippen molar-refractivity contribution >= 4 is 50.4 Å². The molecule has 4 aromatic rings. The highest BCUT2D eigenvalue weighted by Crippen LogP contribution is 2.33. The average molecular weight is 480 g/mol. The quantitative estimate of drug-likeness (QED) is 0.432. The van der Waals surface area contributed by atoms with Gasteiger partial charge in [-0.25, -0.2) is 0 Å². The van der Waals surface area contributed by atoms with Crippen molar-refractivity contribution in [1.82, 2.24) is 14.7 Å². The van der Waals surface area contributed by atoms with Crippen LogP contribution in [0, 0.1) is 6.92 Å². The maximum Gasteiger partial charge on any atom is 0.265 e. The van der Waals surface area contributed by atoms with Crippen LogP contribution in [0.15, 0.2) is 54.6 Å². The van der Waals surface area contributed by atoms with Crippen molar-refractivity contribution in [2.24, 2.45) is 0 Å². The summed E-state index contributed by atoms with van der Waals surface area (Å²) in [5.41, 5.74) is 3.86. The number of fused-ring (bicyclic) bond motifs is 1. The van der Waals surface area contributed by atoms with Crippen molar-refractivity contribution in [3.63, 3.8) is 0 Å². The molecule has 3 heterocycles. The zero-order valence-electron chi connectivity index (χ0n) is 18.7. The third-order valence-corrected chi connectivity index (χ3v) is 7.44. The van der Waals surface area contributed by atoms with Crippen LogP contribution in [0.4, 0.5) is 11.4 Å². The summed E-state index contributed by atoms with van der Waals surface area (Å²) in [7, 11) is 2.13. The minimum Gasteiger partial charge on any atom is -0.367 e. The minimum atomic E-state index is -0.125. The smallest absolute Gasteiger partial charge is 0.265 e. The number of piperazine rings is 1. The number of carbonyl (C=O) groups excluding carboxylic acids is 1. The van der Waals surface area contributed by atoms with Gasteiger partial charge in [-0.3, -0.25) is 9.48 Å². The average Bonchev–Trinajstić information content (AvgIpc) is 3.37. The van der Waals surface area contributed by atoms with Crippen LogP contribution in [0.1, 0.15) is 20.9 Å². The number of benzene rings is 2. The largest absolute Gasteiger partial charge is 0.367 e. The molecule has 0 unspecified atom stereocenters. The zero-order chi connectivity index (χ0) is 22.9. The van der Waals surface area contributed by atoms with E-state index in [1.165, 1.54) is 16.9 Å².